The molecule has 0 aromatic heterocycles. The minimum absolute atomic E-state index is 0. The monoisotopic (exact) mass is 930 g/mol. The minimum atomic E-state index is 0. The van der Waals surface area contributed by atoms with Crippen LogP contribution in [0.5, 0.6) is 0 Å². The maximum absolute atomic E-state index is 3.60. The topological polar surface area (TPSA) is 0 Å². The van der Waals surface area contributed by atoms with Crippen molar-refractivity contribution in [3.63, 3.8) is 0 Å². The first-order chi connectivity index (χ1) is 19.9. The minimum Gasteiger partial charge on any atom is -0.343 e. The van der Waals surface area contributed by atoms with E-state index in [2.05, 4.69) is 142 Å². The summed E-state index contributed by atoms with van der Waals surface area (Å²) in [6.45, 7) is 27.1. The average molecular weight is 928 g/mol. The van der Waals surface area contributed by atoms with Crippen LogP contribution in [0.4, 0.5) is 0 Å². The first-order valence-corrected chi connectivity index (χ1v) is 17.4. The van der Waals surface area contributed by atoms with E-state index in [-0.39, 0.29) is 51.7 Å². The first-order valence-electron chi connectivity index (χ1n) is 16.0. The number of aryl methyl sites for hydroxylation is 2. The van der Waals surface area contributed by atoms with Gasteiger partial charge in [-0.25, -0.2) is 0 Å². The molecule has 43 heavy (non-hydrogen) atoms. The predicted octanol–water partition coefficient (Wildman–Crippen LogP) is 13.5. The van der Waals surface area contributed by atoms with Crippen molar-refractivity contribution < 1.29 is 51.7 Å². The van der Waals surface area contributed by atoms with Crippen molar-refractivity contribution in [2.45, 2.75) is 118 Å². The number of benzene rings is 2. The molecule has 1 aliphatic heterocycles. The van der Waals surface area contributed by atoms with Gasteiger partial charge in [-0.3, -0.25) is 0 Å². The van der Waals surface area contributed by atoms with Crippen molar-refractivity contribution in [2.24, 2.45) is 0 Å². The van der Waals surface area contributed by atoms with Gasteiger partial charge in [-0.15, -0.1) is 81.2 Å². The normalized spacial score (nSPS) is 10.5. The fourth-order valence-corrected chi connectivity index (χ4v) is 4.49. The Bertz CT molecular complexity index is 873. The first kappa shape index (κ1) is 49.5. The Labute approximate surface area is 309 Å². The Hall–Kier alpha value is -0.383. The summed E-state index contributed by atoms with van der Waals surface area (Å²) in [5.74, 6) is 0. The van der Waals surface area contributed by atoms with Gasteiger partial charge in [-0.1, -0.05) is 104 Å². The molecule has 0 nitrogen and oxygen atoms in total. The van der Waals surface area contributed by atoms with E-state index in [1.165, 1.54) is 92.8 Å². The molecule has 0 atom stereocenters. The molecule has 5 rings (SSSR count). The fraction of sp³-hybridized carbons (Fsp3) is 0.450. The van der Waals surface area contributed by atoms with Gasteiger partial charge in [0.25, 0.3) is 0 Å². The molecule has 0 bridgehead atoms. The number of rotatable bonds is 4. The molecule has 1 heterocycles. The van der Waals surface area contributed by atoms with Crippen molar-refractivity contribution in [1.29, 1.82) is 0 Å². The van der Waals surface area contributed by atoms with E-state index in [9.17, 15) is 0 Å². The molecule has 1 fully saturated rings. The van der Waals surface area contributed by atoms with Gasteiger partial charge in [-0.2, -0.15) is 37.8 Å². The molecule has 0 N–H and O–H groups in total. The zero-order chi connectivity index (χ0) is 31.1. The standard InChI is InChI=1S/2C10H9.C4H8Si.4C4H9.2Hf/c2*1-8-6-9-4-2-3-5-10(9)7-8;1-2-4-5-3-1;4*1-3-4-2;;/h2*2-7H,1H3;1-4H2;4*1,3-4H2,2H3;;/q2*-1;;4*-1;;. The third-order valence-corrected chi connectivity index (χ3v) is 7.31. The van der Waals surface area contributed by atoms with Gasteiger partial charge < -0.3 is 27.7 Å². The smallest absolute Gasteiger partial charge is 0.0377 e. The summed E-state index contributed by atoms with van der Waals surface area (Å²) in [5, 5.41) is 5.39. The quantitative estimate of drug-likeness (QED) is 0.141. The number of hydrogen-bond acceptors (Lipinski definition) is 0. The van der Waals surface area contributed by atoms with Crippen LogP contribution < -0.4 is 0 Å². The molecule has 4 aromatic carbocycles. The summed E-state index contributed by atoms with van der Waals surface area (Å²) < 4.78 is 0. The third kappa shape index (κ3) is 30.1. The second-order valence-electron chi connectivity index (χ2n) is 10.2. The predicted molar refractivity (Wildman–Crippen MR) is 194 cm³/mol. The molecule has 1 aliphatic rings. The average Bonchev–Trinajstić information content (AvgIpc) is 3.79. The molecule has 1 saturated heterocycles. The summed E-state index contributed by atoms with van der Waals surface area (Å²) in [6, 6.07) is 28.7. The molecule has 3 heteroatoms. The van der Waals surface area contributed by atoms with Crippen LogP contribution in [0.3, 0.4) is 0 Å². The molecular formula is C40H62Hf2Si-6. The zero-order valence-corrected chi connectivity index (χ0v) is 36.9. The van der Waals surface area contributed by atoms with E-state index < -0.39 is 0 Å². The Kier molecular flexibility index (Phi) is 43.5. The van der Waals surface area contributed by atoms with E-state index in [1.54, 1.807) is 0 Å². The van der Waals surface area contributed by atoms with Gasteiger partial charge in [0.2, 0.25) is 0 Å². The summed E-state index contributed by atoms with van der Waals surface area (Å²) in [7, 11) is 1.31. The zero-order valence-electron chi connectivity index (χ0n) is 28.7. The van der Waals surface area contributed by atoms with Gasteiger partial charge >= 0.3 is 0 Å². The Morgan fingerprint density at radius 1 is 0.558 bits per heavy atom. The summed E-state index contributed by atoms with van der Waals surface area (Å²) in [5.41, 5.74) is 2.70. The molecule has 0 amide bonds. The molecule has 4 aromatic rings. The van der Waals surface area contributed by atoms with E-state index >= 15 is 0 Å². The van der Waals surface area contributed by atoms with Gasteiger partial charge in [0.1, 0.15) is 0 Å². The summed E-state index contributed by atoms with van der Waals surface area (Å²) >= 11 is 0. The fourth-order valence-electron chi connectivity index (χ4n) is 3.24. The molecule has 0 spiro atoms. The van der Waals surface area contributed by atoms with Gasteiger partial charge in [0.05, 0.1) is 0 Å². The van der Waals surface area contributed by atoms with Gasteiger partial charge in [0.15, 0.2) is 0 Å². The van der Waals surface area contributed by atoms with Crippen molar-refractivity contribution in [3.05, 3.63) is 112 Å². The van der Waals surface area contributed by atoms with Crippen molar-refractivity contribution in [1.82, 2.24) is 0 Å². The van der Waals surface area contributed by atoms with Crippen LogP contribution in [0, 0.1) is 41.5 Å². The van der Waals surface area contributed by atoms with Crippen LogP contribution in [-0.4, -0.2) is 9.52 Å². The molecule has 0 aliphatic carbocycles. The second kappa shape index (κ2) is 37.8. The van der Waals surface area contributed by atoms with Gasteiger partial charge in [-0.05, 0) is 0 Å². The molecular weight excluding hydrogens is 866 g/mol. The van der Waals surface area contributed by atoms with E-state index in [0.29, 0.717) is 0 Å². The molecule has 240 valence electrons. The maximum Gasteiger partial charge on any atom is 0.0377 e. The Morgan fingerprint density at radius 3 is 1.05 bits per heavy atom. The van der Waals surface area contributed by atoms with Crippen molar-refractivity contribution >= 4 is 31.1 Å². The number of unbranched alkanes of at least 4 members (excludes halogenated alkanes) is 4. The van der Waals surface area contributed by atoms with Crippen LogP contribution in [-0.2, 0) is 51.7 Å². The van der Waals surface area contributed by atoms with E-state index in [0.717, 1.165) is 25.7 Å². The third-order valence-electron chi connectivity index (χ3n) is 5.90. The Morgan fingerprint density at radius 2 is 0.837 bits per heavy atom. The van der Waals surface area contributed by atoms with Gasteiger partial charge in [0, 0.05) is 61.2 Å². The SMILES string of the molecule is C1CC[Si]C1.Cc1cc2ccccc2[cH-]1.Cc1cc2ccccc2[cH-]1.[CH2-]CCC.[CH2-]CCC.[CH2-]CCC.[CH2-]CCC.[Hf].[Hf]. The van der Waals surface area contributed by atoms with E-state index in [4.69, 9.17) is 0 Å². The molecule has 2 radical (unpaired) electrons. The summed E-state index contributed by atoms with van der Waals surface area (Å²) in [4.78, 5) is 0. The summed E-state index contributed by atoms with van der Waals surface area (Å²) in [6.07, 6.45) is 12.1. The Balaban J connectivity index is -0.000000216. The van der Waals surface area contributed by atoms with Crippen molar-refractivity contribution in [2.75, 3.05) is 0 Å². The van der Waals surface area contributed by atoms with Crippen LogP contribution in [0.25, 0.3) is 21.5 Å². The number of hydrogen-bond donors (Lipinski definition) is 0. The van der Waals surface area contributed by atoms with Crippen LogP contribution in [0.2, 0.25) is 12.1 Å². The largest absolute Gasteiger partial charge is 0.343 e. The van der Waals surface area contributed by atoms with Crippen molar-refractivity contribution in [3.8, 4) is 0 Å². The van der Waals surface area contributed by atoms with Crippen LogP contribution in [0.1, 0.15) is 103 Å². The number of fused-ring (bicyclic) bond motifs is 2. The van der Waals surface area contributed by atoms with Crippen LogP contribution >= 0.6 is 0 Å². The molecule has 0 unspecified atom stereocenters. The second-order valence-corrected chi connectivity index (χ2v) is 11.7. The van der Waals surface area contributed by atoms with Crippen LogP contribution in [0.15, 0.2) is 72.8 Å². The molecule has 0 saturated carbocycles. The maximum atomic E-state index is 3.60. The van der Waals surface area contributed by atoms with E-state index in [1.807, 2.05) is 0 Å².